The molecule has 0 N–H and O–H groups in total. The van der Waals surface area contributed by atoms with Crippen molar-refractivity contribution in [1.29, 1.82) is 0 Å². The van der Waals surface area contributed by atoms with Crippen LogP contribution in [-0.2, 0) is 4.79 Å². The lowest BCUT2D eigenvalue weighted by atomic mass is 10.1. The molecule has 0 saturated heterocycles. The summed E-state index contributed by atoms with van der Waals surface area (Å²) < 4.78 is 5.61. The summed E-state index contributed by atoms with van der Waals surface area (Å²) in [4.78, 5) is 24.9. The Morgan fingerprint density at radius 3 is 2.72 bits per heavy atom. The molecule has 0 bridgehead atoms. The molecular formula is C13H14ClNO3. The van der Waals surface area contributed by atoms with Gasteiger partial charge >= 0.3 is 0 Å². The van der Waals surface area contributed by atoms with Crippen LogP contribution in [-0.4, -0.2) is 23.8 Å². The average molecular weight is 268 g/mol. The van der Waals surface area contributed by atoms with Gasteiger partial charge in [0.1, 0.15) is 5.75 Å². The molecule has 1 amide bonds. The molecule has 1 atom stereocenters. The van der Waals surface area contributed by atoms with Crippen LogP contribution in [0.1, 0.15) is 30.6 Å². The molecule has 0 aliphatic carbocycles. The van der Waals surface area contributed by atoms with Gasteiger partial charge in [-0.05, 0) is 43.1 Å². The van der Waals surface area contributed by atoms with Crippen molar-refractivity contribution in [3.63, 3.8) is 0 Å². The van der Waals surface area contributed by atoms with Crippen LogP contribution >= 0.6 is 11.6 Å². The zero-order valence-corrected chi connectivity index (χ0v) is 11.0. The third kappa shape index (κ3) is 2.08. The van der Waals surface area contributed by atoms with Crippen molar-refractivity contribution in [3.8, 4) is 5.75 Å². The van der Waals surface area contributed by atoms with Gasteiger partial charge in [-0.2, -0.15) is 0 Å². The molecular weight excluding hydrogens is 254 g/mol. The molecule has 0 fully saturated rings. The van der Waals surface area contributed by atoms with Crippen LogP contribution in [0.15, 0.2) is 18.2 Å². The van der Waals surface area contributed by atoms with E-state index in [0.717, 1.165) is 0 Å². The molecule has 5 heteroatoms. The normalized spacial score (nSPS) is 18.3. The molecule has 0 aromatic heterocycles. The monoisotopic (exact) mass is 267 g/mol. The van der Waals surface area contributed by atoms with Crippen LogP contribution in [0.25, 0.3) is 0 Å². The van der Waals surface area contributed by atoms with E-state index in [9.17, 15) is 9.59 Å². The molecule has 1 aliphatic heterocycles. The Morgan fingerprint density at radius 2 is 2.17 bits per heavy atom. The number of likely N-dealkylation sites (N-methyl/N-ethyl adjacent to an activating group) is 1. The van der Waals surface area contributed by atoms with E-state index in [2.05, 4.69) is 0 Å². The first-order valence-corrected chi connectivity index (χ1v) is 6.28. The van der Waals surface area contributed by atoms with Gasteiger partial charge in [-0.3, -0.25) is 9.59 Å². The van der Waals surface area contributed by atoms with Gasteiger partial charge in [-0.25, -0.2) is 0 Å². The van der Waals surface area contributed by atoms with Crippen molar-refractivity contribution in [2.45, 2.75) is 26.4 Å². The smallest absolute Gasteiger partial charge is 0.268 e. The van der Waals surface area contributed by atoms with E-state index in [0.29, 0.717) is 30.0 Å². The summed E-state index contributed by atoms with van der Waals surface area (Å²) in [5.74, 6) is 0.493. The zero-order chi connectivity index (χ0) is 13.3. The van der Waals surface area contributed by atoms with Crippen molar-refractivity contribution >= 4 is 28.4 Å². The second kappa shape index (κ2) is 4.98. The van der Waals surface area contributed by atoms with Gasteiger partial charge in [-0.15, -0.1) is 0 Å². The average Bonchev–Trinajstić information content (AvgIpc) is 2.37. The molecule has 4 nitrogen and oxygen atoms in total. The highest BCUT2D eigenvalue weighted by Gasteiger charge is 2.32. The summed E-state index contributed by atoms with van der Waals surface area (Å²) in [5.41, 5.74) is 1.06. The van der Waals surface area contributed by atoms with Crippen molar-refractivity contribution < 1.29 is 14.3 Å². The number of carbonyl (C=O) groups excluding carboxylic acids is 2. The van der Waals surface area contributed by atoms with Gasteiger partial charge in [-0.1, -0.05) is 6.92 Å². The number of benzene rings is 1. The van der Waals surface area contributed by atoms with E-state index in [1.807, 2.05) is 13.8 Å². The third-order valence-corrected chi connectivity index (χ3v) is 3.19. The van der Waals surface area contributed by atoms with E-state index in [1.54, 1.807) is 23.1 Å². The van der Waals surface area contributed by atoms with Crippen molar-refractivity contribution in [2.24, 2.45) is 0 Å². The van der Waals surface area contributed by atoms with Gasteiger partial charge in [0.25, 0.3) is 11.1 Å². The van der Waals surface area contributed by atoms with Gasteiger partial charge in [0.2, 0.25) is 0 Å². The molecule has 0 radical (unpaired) electrons. The number of nitrogens with zero attached hydrogens (tertiary/aromatic N) is 1. The fraction of sp³-hybridized carbons (Fsp3) is 0.385. The minimum absolute atomic E-state index is 0.0440. The summed E-state index contributed by atoms with van der Waals surface area (Å²) >= 11 is 5.44. The van der Waals surface area contributed by atoms with E-state index < -0.39 is 11.3 Å². The second-order valence-corrected chi connectivity index (χ2v) is 4.40. The minimum Gasteiger partial charge on any atom is -0.478 e. The lowest BCUT2D eigenvalue weighted by Gasteiger charge is -2.33. The first kappa shape index (κ1) is 12.9. The summed E-state index contributed by atoms with van der Waals surface area (Å²) in [5, 5.41) is -0.533. The molecule has 0 saturated carbocycles. The van der Waals surface area contributed by atoms with Crippen LogP contribution in [0.4, 0.5) is 5.69 Å². The number of fused-ring (bicyclic) bond motifs is 1. The summed E-state index contributed by atoms with van der Waals surface area (Å²) in [6.45, 7) is 4.36. The molecule has 0 spiro atoms. The van der Waals surface area contributed by atoms with Gasteiger partial charge in [0.05, 0.1) is 5.69 Å². The number of rotatable bonds is 3. The molecule has 2 rings (SSSR count). The largest absolute Gasteiger partial charge is 0.478 e. The van der Waals surface area contributed by atoms with Crippen molar-refractivity contribution in [1.82, 2.24) is 0 Å². The van der Waals surface area contributed by atoms with Gasteiger partial charge < -0.3 is 9.64 Å². The first-order valence-electron chi connectivity index (χ1n) is 5.90. The number of anilines is 1. The summed E-state index contributed by atoms with van der Waals surface area (Å²) in [6.07, 6.45) is 0.103. The topological polar surface area (TPSA) is 46.6 Å². The molecule has 0 unspecified atom stereocenters. The van der Waals surface area contributed by atoms with Gasteiger partial charge in [0, 0.05) is 12.1 Å². The number of hydrogen-bond donors (Lipinski definition) is 0. The predicted octanol–water partition coefficient (Wildman–Crippen LogP) is 2.59. The molecule has 1 aromatic rings. The highest BCUT2D eigenvalue weighted by molar-refractivity contribution is 6.67. The van der Waals surface area contributed by atoms with E-state index in [1.165, 1.54) is 0 Å². The number of carbonyl (C=O) groups is 2. The van der Waals surface area contributed by atoms with Crippen molar-refractivity contribution in [3.05, 3.63) is 23.8 Å². The van der Waals surface area contributed by atoms with Crippen LogP contribution in [0, 0.1) is 0 Å². The Kier molecular flexibility index (Phi) is 3.57. The highest BCUT2D eigenvalue weighted by Crippen LogP contribution is 2.35. The molecule has 1 aliphatic rings. The number of hydrogen-bond acceptors (Lipinski definition) is 3. The molecule has 96 valence electrons. The molecule has 18 heavy (non-hydrogen) atoms. The number of ether oxygens (including phenoxy) is 1. The minimum atomic E-state index is -0.533. The first-order chi connectivity index (χ1) is 8.58. The molecule has 1 heterocycles. The maximum atomic E-state index is 12.1. The summed E-state index contributed by atoms with van der Waals surface area (Å²) in [7, 11) is 0. The highest BCUT2D eigenvalue weighted by atomic mass is 35.5. The van der Waals surface area contributed by atoms with E-state index in [-0.39, 0.29) is 5.91 Å². The Balaban J connectivity index is 2.47. The Bertz CT molecular complexity index is 501. The summed E-state index contributed by atoms with van der Waals surface area (Å²) in [6, 6.07) is 4.88. The second-order valence-electron chi connectivity index (χ2n) is 4.05. The van der Waals surface area contributed by atoms with Crippen molar-refractivity contribution in [2.75, 3.05) is 11.4 Å². The van der Waals surface area contributed by atoms with E-state index in [4.69, 9.17) is 16.3 Å². The fourth-order valence-electron chi connectivity index (χ4n) is 2.03. The maximum Gasteiger partial charge on any atom is 0.268 e. The predicted molar refractivity (Wildman–Crippen MR) is 69.4 cm³/mol. The standard InChI is InChI=1S/C13H14ClNO3/c1-3-10-13(17)15(4-2)9-6-5-8(12(14)16)7-11(9)18-10/h5-7,10H,3-4H2,1-2H3/t10-/m0/s1. The number of amides is 1. The third-order valence-electron chi connectivity index (χ3n) is 2.98. The Morgan fingerprint density at radius 1 is 1.44 bits per heavy atom. The fourth-order valence-corrected chi connectivity index (χ4v) is 2.15. The Hall–Kier alpha value is -1.55. The zero-order valence-electron chi connectivity index (χ0n) is 10.3. The van der Waals surface area contributed by atoms with E-state index >= 15 is 0 Å². The van der Waals surface area contributed by atoms with Crippen LogP contribution in [0.3, 0.4) is 0 Å². The van der Waals surface area contributed by atoms with Crippen LogP contribution in [0.2, 0.25) is 0 Å². The van der Waals surface area contributed by atoms with Gasteiger partial charge in [0.15, 0.2) is 6.10 Å². The molecule has 1 aromatic carbocycles. The maximum absolute atomic E-state index is 12.1. The number of halogens is 1. The lowest BCUT2D eigenvalue weighted by Crippen LogP contribution is -2.45. The van der Waals surface area contributed by atoms with Crippen LogP contribution in [0.5, 0.6) is 5.75 Å². The SMILES string of the molecule is CC[C@@H]1Oc2cc(C(=O)Cl)ccc2N(CC)C1=O. The quantitative estimate of drug-likeness (QED) is 0.791. The Labute approximate surface area is 110 Å². The lowest BCUT2D eigenvalue weighted by molar-refractivity contribution is -0.126. The van der Waals surface area contributed by atoms with Crippen LogP contribution < -0.4 is 9.64 Å².